The maximum Gasteiger partial charge on any atom is 0.490 e. The summed E-state index contributed by atoms with van der Waals surface area (Å²) in [7, 11) is 0. The van der Waals surface area contributed by atoms with E-state index in [0.717, 1.165) is 66.5 Å². The standard InChI is InChI=1S/C22H24BrN9.C2HF3O2/c23-16-2-3-18-19(12-16)28-21(25-13-22(6-7-22)32-9-1-8-26-32)29-20(18)30-10-4-17(5-11-30)31-15-24-14-27-31;3-2(4,5)1(6)7/h1-3,8-9,12,14-15,17H,4-7,10-11,13H2,(H,25,28,29);(H,6,7). The molecule has 15 heteroatoms. The van der Waals surface area contributed by atoms with Crippen molar-refractivity contribution in [2.45, 2.75) is 43.4 Å². The van der Waals surface area contributed by atoms with Crippen molar-refractivity contribution in [3.8, 4) is 0 Å². The van der Waals surface area contributed by atoms with E-state index in [2.05, 4.69) is 64.2 Å². The monoisotopic (exact) mass is 607 g/mol. The number of aromatic nitrogens is 7. The lowest BCUT2D eigenvalue weighted by Gasteiger charge is -2.33. The fourth-order valence-electron chi connectivity index (χ4n) is 4.58. The van der Waals surface area contributed by atoms with E-state index in [4.69, 9.17) is 19.9 Å². The van der Waals surface area contributed by atoms with Crippen LogP contribution >= 0.6 is 15.9 Å². The molecule has 2 fully saturated rings. The van der Waals surface area contributed by atoms with Gasteiger partial charge >= 0.3 is 12.1 Å². The molecular weight excluding hydrogens is 583 g/mol. The third-order valence-corrected chi connectivity index (χ3v) is 7.34. The van der Waals surface area contributed by atoms with Crippen LogP contribution in [0.25, 0.3) is 10.9 Å². The lowest BCUT2D eigenvalue weighted by molar-refractivity contribution is -0.192. The first kappa shape index (κ1) is 26.8. The maximum atomic E-state index is 10.6. The van der Waals surface area contributed by atoms with Crippen molar-refractivity contribution in [2.75, 3.05) is 29.9 Å². The second-order valence-corrected chi connectivity index (χ2v) is 10.4. The summed E-state index contributed by atoms with van der Waals surface area (Å²) in [6.07, 6.45) is 6.46. The Morgan fingerprint density at radius 3 is 2.51 bits per heavy atom. The van der Waals surface area contributed by atoms with Gasteiger partial charge in [-0.05, 0) is 49.9 Å². The lowest BCUT2D eigenvalue weighted by atomic mass is 10.0. The minimum Gasteiger partial charge on any atom is -0.475 e. The highest BCUT2D eigenvalue weighted by Crippen LogP contribution is 2.43. The van der Waals surface area contributed by atoms with Gasteiger partial charge in [0.1, 0.15) is 18.5 Å². The van der Waals surface area contributed by atoms with Crippen LogP contribution in [0.2, 0.25) is 0 Å². The molecule has 2 aliphatic rings. The number of rotatable bonds is 6. The number of nitrogens with zero attached hydrogens (tertiary/aromatic N) is 8. The first-order valence-electron chi connectivity index (χ1n) is 12.3. The van der Waals surface area contributed by atoms with Gasteiger partial charge in [0, 0.05) is 41.9 Å². The number of carbonyl (C=O) groups is 1. The molecule has 4 aromatic rings. The zero-order valence-electron chi connectivity index (χ0n) is 20.6. The first-order chi connectivity index (χ1) is 18.6. The average Bonchev–Trinajstić information content (AvgIpc) is 3.27. The van der Waals surface area contributed by atoms with Crippen LogP contribution in [0.4, 0.5) is 24.9 Å². The topological polar surface area (TPSA) is 127 Å². The highest BCUT2D eigenvalue weighted by Gasteiger charge is 2.45. The van der Waals surface area contributed by atoms with Crippen molar-refractivity contribution in [1.29, 1.82) is 0 Å². The molecular formula is C24H25BrF3N9O2. The molecule has 2 N–H and O–H groups in total. The number of alkyl halides is 3. The maximum absolute atomic E-state index is 10.6. The molecule has 0 atom stereocenters. The van der Waals surface area contributed by atoms with Gasteiger partial charge in [0.05, 0.1) is 17.1 Å². The molecule has 0 spiro atoms. The number of halogens is 4. The molecule has 11 nitrogen and oxygen atoms in total. The van der Waals surface area contributed by atoms with Crippen molar-refractivity contribution in [3.63, 3.8) is 0 Å². The second kappa shape index (κ2) is 10.8. The van der Waals surface area contributed by atoms with E-state index < -0.39 is 12.1 Å². The fraction of sp³-hybridized carbons (Fsp3) is 0.417. The number of aliphatic carboxylic acids is 1. The van der Waals surface area contributed by atoms with Crippen molar-refractivity contribution in [3.05, 3.63) is 53.8 Å². The SMILES string of the molecule is Brc1ccc2c(N3CCC(n4cncn4)CC3)nc(NCC3(n4cccn4)CC3)nc2c1.O=C(O)C(F)(F)F. The number of piperidine rings is 1. The number of anilines is 2. The van der Waals surface area contributed by atoms with Crippen molar-refractivity contribution in [2.24, 2.45) is 0 Å². The van der Waals surface area contributed by atoms with Crippen molar-refractivity contribution >= 4 is 44.6 Å². The summed E-state index contributed by atoms with van der Waals surface area (Å²) in [4.78, 5) is 25.2. The third-order valence-electron chi connectivity index (χ3n) is 6.85. The Morgan fingerprint density at radius 1 is 1.18 bits per heavy atom. The zero-order valence-corrected chi connectivity index (χ0v) is 22.2. The van der Waals surface area contributed by atoms with Crippen molar-refractivity contribution in [1.82, 2.24) is 34.5 Å². The molecule has 0 radical (unpaired) electrons. The Labute approximate surface area is 229 Å². The van der Waals surface area contributed by atoms with Gasteiger partial charge in [-0.25, -0.2) is 19.4 Å². The van der Waals surface area contributed by atoms with Crippen LogP contribution in [0.5, 0.6) is 0 Å². The van der Waals surface area contributed by atoms with Crippen LogP contribution < -0.4 is 10.2 Å². The molecule has 39 heavy (non-hydrogen) atoms. The van der Waals surface area contributed by atoms with Crippen LogP contribution in [0.15, 0.2) is 53.8 Å². The molecule has 206 valence electrons. The molecule has 1 aliphatic heterocycles. The van der Waals surface area contributed by atoms with Gasteiger partial charge in [0.15, 0.2) is 0 Å². The molecule has 6 rings (SSSR count). The minimum absolute atomic E-state index is 0.0371. The quantitative estimate of drug-likeness (QED) is 0.330. The molecule has 1 saturated heterocycles. The zero-order chi connectivity index (χ0) is 27.6. The Kier molecular flexibility index (Phi) is 7.42. The molecule has 1 aliphatic carbocycles. The van der Waals surface area contributed by atoms with Gasteiger partial charge in [0.2, 0.25) is 5.95 Å². The summed E-state index contributed by atoms with van der Waals surface area (Å²) in [5.74, 6) is -1.10. The molecule has 4 heterocycles. The second-order valence-electron chi connectivity index (χ2n) is 9.46. The van der Waals surface area contributed by atoms with E-state index in [9.17, 15) is 13.2 Å². The molecule has 0 amide bonds. The van der Waals surface area contributed by atoms with E-state index in [0.29, 0.717) is 12.0 Å². The van der Waals surface area contributed by atoms with Gasteiger partial charge in [0.25, 0.3) is 0 Å². The highest BCUT2D eigenvalue weighted by molar-refractivity contribution is 9.10. The summed E-state index contributed by atoms with van der Waals surface area (Å²) in [6.45, 7) is 2.61. The number of carboxylic acid groups (broad SMARTS) is 1. The van der Waals surface area contributed by atoms with E-state index >= 15 is 0 Å². The van der Waals surface area contributed by atoms with Crippen LogP contribution in [0.1, 0.15) is 31.7 Å². The summed E-state index contributed by atoms with van der Waals surface area (Å²) in [5, 5.41) is 20.5. The number of hydrogen-bond donors (Lipinski definition) is 2. The highest BCUT2D eigenvalue weighted by atomic mass is 79.9. The summed E-state index contributed by atoms with van der Waals surface area (Å²) < 4.78 is 36.8. The fourth-order valence-corrected chi connectivity index (χ4v) is 4.93. The molecule has 3 aromatic heterocycles. The predicted molar refractivity (Wildman–Crippen MR) is 139 cm³/mol. The Bertz CT molecular complexity index is 1420. The summed E-state index contributed by atoms with van der Waals surface area (Å²) in [5.41, 5.74) is 0.976. The lowest BCUT2D eigenvalue weighted by Crippen LogP contribution is -2.35. The van der Waals surface area contributed by atoms with Crippen LogP contribution in [-0.2, 0) is 10.3 Å². The first-order valence-corrected chi connectivity index (χ1v) is 13.0. The van der Waals surface area contributed by atoms with Gasteiger partial charge in [-0.3, -0.25) is 4.68 Å². The van der Waals surface area contributed by atoms with E-state index in [-0.39, 0.29) is 5.54 Å². The molecule has 1 saturated carbocycles. The smallest absolute Gasteiger partial charge is 0.475 e. The van der Waals surface area contributed by atoms with Gasteiger partial charge in [-0.2, -0.15) is 28.4 Å². The number of hydrogen-bond acceptors (Lipinski definition) is 8. The molecule has 0 unspecified atom stereocenters. The van der Waals surface area contributed by atoms with Crippen LogP contribution in [-0.4, -0.2) is 71.4 Å². The van der Waals surface area contributed by atoms with Gasteiger partial charge in [-0.15, -0.1) is 0 Å². The Hall–Kier alpha value is -3.75. The normalized spacial score (nSPS) is 17.0. The molecule has 0 bridgehead atoms. The minimum atomic E-state index is -5.08. The Morgan fingerprint density at radius 2 is 1.92 bits per heavy atom. The van der Waals surface area contributed by atoms with Gasteiger partial charge < -0.3 is 15.3 Å². The summed E-state index contributed by atoms with van der Waals surface area (Å²) in [6, 6.07) is 8.59. The molecule has 1 aromatic carbocycles. The number of carboxylic acids is 1. The van der Waals surface area contributed by atoms with E-state index in [1.807, 2.05) is 29.5 Å². The summed E-state index contributed by atoms with van der Waals surface area (Å²) >= 11 is 3.59. The van der Waals surface area contributed by atoms with E-state index in [1.165, 1.54) is 0 Å². The predicted octanol–water partition coefficient (Wildman–Crippen LogP) is 4.26. The largest absolute Gasteiger partial charge is 0.490 e. The van der Waals surface area contributed by atoms with Gasteiger partial charge in [-0.1, -0.05) is 15.9 Å². The van der Waals surface area contributed by atoms with Crippen LogP contribution in [0, 0.1) is 0 Å². The van der Waals surface area contributed by atoms with Crippen LogP contribution in [0.3, 0.4) is 0 Å². The van der Waals surface area contributed by atoms with Crippen molar-refractivity contribution < 1.29 is 23.1 Å². The average molecular weight is 608 g/mol. The number of fused-ring (bicyclic) bond motifs is 1. The third kappa shape index (κ3) is 6.13. The van der Waals surface area contributed by atoms with E-state index in [1.54, 1.807) is 6.33 Å². The Balaban J connectivity index is 0.000000392. The number of benzene rings is 1. The number of nitrogens with one attached hydrogen (secondary N) is 1.